The lowest BCUT2D eigenvalue weighted by Crippen LogP contribution is -2.18. The second-order valence-corrected chi connectivity index (χ2v) is 4.89. The summed E-state index contributed by atoms with van der Waals surface area (Å²) < 4.78 is 0. The first-order valence-corrected chi connectivity index (χ1v) is 6.29. The molecule has 1 aromatic carbocycles. The predicted molar refractivity (Wildman–Crippen MR) is 68.8 cm³/mol. The van der Waals surface area contributed by atoms with Crippen LogP contribution in [0.15, 0.2) is 36.0 Å². The molecule has 0 fully saturated rings. The molecule has 1 N–H and O–H groups in total. The van der Waals surface area contributed by atoms with E-state index in [1.165, 1.54) is 16.0 Å². The predicted octanol–water partition coefficient (Wildman–Crippen LogP) is 2.95. The third-order valence-electron chi connectivity index (χ3n) is 2.72. The molecule has 2 rings (SSSR count). The highest BCUT2D eigenvalue weighted by atomic mass is 32.1. The Labute approximate surface area is 100 Å². The maximum Gasteiger partial charge on any atom is 0.0794 e. The first-order chi connectivity index (χ1) is 7.79. The van der Waals surface area contributed by atoms with Crippen molar-refractivity contribution in [1.29, 1.82) is 0 Å². The number of aromatic nitrogens is 1. The summed E-state index contributed by atoms with van der Waals surface area (Å²) in [6.07, 6.45) is 2.95. The zero-order valence-corrected chi connectivity index (χ0v) is 10.4. The van der Waals surface area contributed by atoms with Gasteiger partial charge in [-0.1, -0.05) is 29.8 Å². The van der Waals surface area contributed by atoms with Crippen molar-refractivity contribution in [2.45, 2.75) is 19.4 Å². The van der Waals surface area contributed by atoms with E-state index < -0.39 is 0 Å². The molecule has 0 saturated carbocycles. The SMILES string of the molecule is CNC(Cc1cncs1)c1ccc(C)cc1. The molecule has 2 aromatic rings. The first kappa shape index (κ1) is 11.3. The van der Waals surface area contributed by atoms with Crippen LogP contribution in [0.2, 0.25) is 0 Å². The minimum Gasteiger partial charge on any atom is -0.313 e. The van der Waals surface area contributed by atoms with Crippen LogP contribution in [0.25, 0.3) is 0 Å². The fraction of sp³-hybridized carbons (Fsp3) is 0.308. The van der Waals surface area contributed by atoms with Crippen LogP contribution >= 0.6 is 11.3 Å². The van der Waals surface area contributed by atoms with Crippen LogP contribution in [-0.4, -0.2) is 12.0 Å². The van der Waals surface area contributed by atoms with Gasteiger partial charge in [-0.25, -0.2) is 0 Å². The van der Waals surface area contributed by atoms with Crippen molar-refractivity contribution in [3.63, 3.8) is 0 Å². The van der Waals surface area contributed by atoms with Crippen molar-refractivity contribution in [3.05, 3.63) is 52.0 Å². The number of thiazole rings is 1. The molecule has 84 valence electrons. The monoisotopic (exact) mass is 232 g/mol. The van der Waals surface area contributed by atoms with Crippen LogP contribution in [0.4, 0.5) is 0 Å². The minimum atomic E-state index is 0.376. The molecule has 1 unspecified atom stereocenters. The summed E-state index contributed by atoms with van der Waals surface area (Å²) in [5.41, 5.74) is 4.52. The lowest BCUT2D eigenvalue weighted by molar-refractivity contribution is 0.596. The zero-order chi connectivity index (χ0) is 11.4. The number of benzene rings is 1. The second-order valence-electron chi connectivity index (χ2n) is 3.92. The van der Waals surface area contributed by atoms with E-state index >= 15 is 0 Å². The van der Waals surface area contributed by atoms with E-state index in [0.717, 1.165) is 6.42 Å². The zero-order valence-electron chi connectivity index (χ0n) is 9.60. The molecule has 3 heteroatoms. The van der Waals surface area contributed by atoms with Gasteiger partial charge in [-0.05, 0) is 19.5 Å². The van der Waals surface area contributed by atoms with Gasteiger partial charge >= 0.3 is 0 Å². The van der Waals surface area contributed by atoms with Crippen molar-refractivity contribution in [3.8, 4) is 0 Å². The Morgan fingerprint density at radius 3 is 2.62 bits per heavy atom. The summed E-state index contributed by atoms with van der Waals surface area (Å²) in [5.74, 6) is 0. The van der Waals surface area contributed by atoms with Crippen LogP contribution < -0.4 is 5.32 Å². The minimum absolute atomic E-state index is 0.376. The highest BCUT2D eigenvalue weighted by molar-refractivity contribution is 7.09. The average Bonchev–Trinajstić information content (AvgIpc) is 2.80. The number of hydrogen-bond donors (Lipinski definition) is 1. The van der Waals surface area contributed by atoms with E-state index in [0.29, 0.717) is 6.04 Å². The summed E-state index contributed by atoms with van der Waals surface area (Å²) in [5, 5.41) is 3.35. The first-order valence-electron chi connectivity index (χ1n) is 5.41. The van der Waals surface area contributed by atoms with Crippen molar-refractivity contribution >= 4 is 11.3 Å². The maximum atomic E-state index is 4.11. The van der Waals surface area contributed by atoms with Gasteiger partial charge in [-0.15, -0.1) is 11.3 Å². The number of nitrogens with zero attached hydrogens (tertiary/aromatic N) is 1. The Kier molecular flexibility index (Phi) is 3.70. The summed E-state index contributed by atoms with van der Waals surface area (Å²) in [6, 6.07) is 9.08. The molecule has 1 heterocycles. The van der Waals surface area contributed by atoms with Crippen LogP contribution in [0.1, 0.15) is 22.0 Å². The Hall–Kier alpha value is -1.19. The molecule has 0 aliphatic carbocycles. The smallest absolute Gasteiger partial charge is 0.0794 e. The molecule has 0 aliphatic heterocycles. The molecule has 0 aliphatic rings. The number of hydrogen-bond acceptors (Lipinski definition) is 3. The van der Waals surface area contributed by atoms with E-state index in [1.54, 1.807) is 11.3 Å². The summed E-state index contributed by atoms with van der Waals surface area (Å²) in [7, 11) is 2.01. The molecule has 0 amide bonds. The summed E-state index contributed by atoms with van der Waals surface area (Å²) in [6.45, 7) is 2.11. The quantitative estimate of drug-likeness (QED) is 0.876. The molecule has 0 radical (unpaired) electrons. The van der Waals surface area contributed by atoms with Gasteiger partial charge in [0.1, 0.15) is 0 Å². The molecule has 16 heavy (non-hydrogen) atoms. The molecule has 1 atom stereocenters. The number of aryl methyl sites for hydroxylation is 1. The van der Waals surface area contributed by atoms with E-state index in [1.807, 2.05) is 18.8 Å². The van der Waals surface area contributed by atoms with Crippen LogP contribution in [0.3, 0.4) is 0 Å². The van der Waals surface area contributed by atoms with Crippen molar-refractivity contribution in [2.24, 2.45) is 0 Å². The van der Waals surface area contributed by atoms with Gasteiger partial charge in [0.15, 0.2) is 0 Å². The highest BCUT2D eigenvalue weighted by Gasteiger charge is 2.10. The van der Waals surface area contributed by atoms with Gasteiger partial charge in [0.2, 0.25) is 0 Å². The Morgan fingerprint density at radius 2 is 2.06 bits per heavy atom. The van der Waals surface area contributed by atoms with Crippen LogP contribution in [0, 0.1) is 6.92 Å². The van der Waals surface area contributed by atoms with Gasteiger partial charge in [0, 0.05) is 23.5 Å². The Bertz CT molecular complexity index is 420. The fourth-order valence-electron chi connectivity index (χ4n) is 1.73. The van der Waals surface area contributed by atoms with Crippen molar-refractivity contribution < 1.29 is 0 Å². The number of likely N-dealkylation sites (N-methyl/N-ethyl adjacent to an activating group) is 1. The third kappa shape index (κ3) is 2.68. The van der Waals surface area contributed by atoms with E-state index in [4.69, 9.17) is 0 Å². The van der Waals surface area contributed by atoms with E-state index in [2.05, 4.69) is 41.5 Å². The largest absolute Gasteiger partial charge is 0.313 e. The van der Waals surface area contributed by atoms with Gasteiger partial charge in [-0.3, -0.25) is 4.98 Å². The average molecular weight is 232 g/mol. The maximum absolute atomic E-state index is 4.11. The Morgan fingerprint density at radius 1 is 1.31 bits per heavy atom. The molecule has 2 nitrogen and oxygen atoms in total. The topological polar surface area (TPSA) is 24.9 Å². The second kappa shape index (κ2) is 5.23. The Balaban J connectivity index is 2.13. The fourth-order valence-corrected chi connectivity index (χ4v) is 2.37. The molecular weight excluding hydrogens is 216 g/mol. The molecule has 0 bridgehead atoms. The van der Waals surface area contributed by atoms with E-state index in [9.17, 15) is 0 Å². The molecule has 0 spiro atoms. The standard InChI is InChI=1S/C13H16N2S/c1-10-3-5-11(6-4-10)13(14-2)7-12-8-15-9-16-12/h3-6,8-9,13-14H,7H2,1-2H3. The third-order valence-corrected chi connectivity index (χ3v) is 3.52. The van der Waals surface area contributed by atoms with Gasteiger partial charge < -0.3 is 5.32 Å². The van der Waals surface area contributed by atoms with Gasteiger partial charge in [0.05, 0.1) is 5.51 Å². The van der Waals surface area contributed by atoms with Gasteiger partial charge in [0.25, 0.3) is 0 Å². The highest BCUT2D eigenvalue weighted by Crippen LogP contribution is 2.20. The number of nitrogens with one attached hydrogen (secondary N) is 1. The van der Waals surface area contributed by atoms with Crippen LogP contribution in [0.5, 0.6) is 0 Å². The lowest BCUT2D eigenvalue weighted by Gasteiger charge is -2.15. The molecule has 1 aromatic heterocycles. The van der Waals surface area contributed by atoms with E-state index in [-0.39, 0.29) is 0 Å². The number of rotatable bonds is 4. The van der Waals surface area contributed by atoms with Crippen LogP contribution in [-0.2, 0) is 6.42 Å². The summed E-state index contributed by atoms with van der Waals surface area (Å²) >= 11 is 1.71. The lowest BCUT2D eigenvalue weighted by atomic mass is 10.0. The van der Waals surface area contributed by atoms with Crippen molar-refractivity contribution in [1.82, 2.24) is 10.3 Å². The molecular formula is C13H16N2S. The van der Waals surface area contributed by atoms with Gasteiger partial charge in [-0.2, -0.15) is 0 Å². The molecule has 0 saturated heterocycles. The summed E-state index contributed by atoms with van der Waals surface area (Å²) in [4.78, 5) is 5.43. The normalized spacial score (nSPS) is 12.6. The van der Waals surface area contributed by atoms with Crippen molar-refractivity contribution in [2.75, 3.05) is 7.05 Å².